The Balaban J connectivity index is 1.63. The van der Waals surface area contributed by atoms with Gasteiger partial charge in [0.1, 0.15) is 11.5 Å². The highest BCUT2D eigenvalue weighted by Crippen LogP contribution is 2.34. The third-order valence-electron chi connectivity index (χ3n) is 4.89. The summed E-state index contributed by atoms with van der Waals surface area (Å²) in [6.07, 6.45) is 0. The van der Waals surface area contributed by atoms with Gasteiger partial charge in [0, 0.05) is 16.8 Å². The van der Waals surface area contributed by atoms with Crippen LogP contribution in [0.5, 0.6) is 0 Å². The quantitative estimate of drug-likeness (QED) is 0.465. The van der Waals surface area contributed by atoms with Crippen molar-refractivity contribution in [3.05, 3.63) is 58.0 Å². The van der Waals surface area contributed by atoms with Gasteiger partial charge in [-0.2, -0.15) is 0 Å². The second kappa shape index (κ2) is 9.78. The van der Waals surface area contributed by atoms with Gasteiger partial charge in [0.15, 0.2) is 12.4 Å². The van der Waals surface area contributed by atoms with Crippen LogP contribution in [-0.4, -0.2) is 54.2 Å². The fourth-order valence-electron chi connectivity index (χ4n) is 3.37. The van der Waals surface area contributed by atoms with Crippen LogP contribution in [0.4, 0.5) is 5.00 Å². The molecular formula is C23H22N2O7S. The van der Waals surface area contributed by atoms with E-state index in [1.165, 1.54) is 11.8 Å². The summed E-state index contributed by atoms with van der Waals surface area (Å²) in [5.41, 5.74) is 1.94. The van der Waals surface area contributed by atoms with Gasteiger partial charge in [-0.15, -0.1) is 11.3 Å². The molecule has 0 spiro atoms. The molecule has 1 aromatic heterocycles. The fourth-order valence-corrected chi connectivity index (χ4v) is 4.48. The Morgan fingerprint density at radius 3 is 2.39 bits per heavy atom. The molecule has 3 rings (SSSR count). The molecule has 0 unspecified atom stereocenters. The molecule has 1 N–H and O–H groups in total. The lowest BCUT2D eigenvalue weighted by Crippen LogP contribution is -2.32. The maximum absolute atomic E-state index is 12.5. The van der Waals surface area contributed by atoms with E-state index in [1.54, 1.807) is 38.1 Å². The van der Waals surface area contributed by atoms with Crippen molar-refractivity contribution in [2.75, 3.05) is 25.1 Å². The number of ether oxygens (including phenoxy) is 2. The van der Waals surface area contributed by atoms with Gasteiger partial charge >= 0.3 is 11.9 Å². The molecular weight excluding hydrogens is 448 g/mol. The molecule has 0 saturated carbocycles. The topological polar surface area (TPSA) is 119 Å². The van der Waals surface area contributed by atoms with E-state index in [9.17, 15) is 24.0 Å². The summed E-state index contributed by atoms with van der Waals surface area (Å²) in [6.45, 7) is 7.51. The number of nitrogens with zero attached hydrogens (tertiary/aromatic N) is 1. The molecule has 2 aromatic rings. The van der Waals surface area contributed by atoms with Crippen LogP contribution in [0.2, 0.25) is 0 Å². The fraction of sp³-hybridized carbons (Fsp3) is 0.261. The molecule has 0 aliphatic carbocycles. The van der Waals surface area contributed by atoms with E-state index in [0.29, 0.717) is 27.3 Å². The van der Waals surface area contributed by atoms with Crippen LogP contribution in [0.3, 0.4) is 0 Å². The van der Waals surface area contributed by atoms with Crippen LogP contribution < -0.4 is 5.32 Å². The molecule has 0 radical (unpaired) electrons. The first-order valence-corrected chi connectivity index (χ1v) is 10.8. The lowest BCUT2D eigenvalue weighted by Gasteiger charge is -2.16. The largest absolute Gasteiger partial charge is 0.462 e. The molecule has 172 valence electrons. The van der Waals surface area contributed by atoms with E-state index in [4.69, 9.17) is 9.47 Å². The Bertz CT molecular complexity index is 1150. The summed E-state index contributed by atoms with van der Waals surface area (Å²) in [4.78, 5) is 62.8. The number of benzene rings is 1. The number of amides is 2. The Labute approximate surface area is 194 Å². The van der Waals surface area contributed by atoms with Crippen molar-refractivity contribution >= 4 is 51.6 Å². The standard InChI is InChI=1S/C23H22N2O7S/c1-5-31-23(30)19-12(2)20(14(4)26)33-21(19)24-17(27)11-32-18(28)10-25-13(3)15-8-6-7-9-16(15)22(25)29/h6-9H,3,5,10-11H2,1-2,4H3,(H,24,27). The number of fused-ring (bicyclic) bond motifs is 1. The number of ketones is 1. The van der Waals surface area contributed by atoms with Crippen molar-refractivity contribution < 1.29 is 33.4 Å². The zero-order valence-electron chi connectivity index (χ0n) is 18.4. The number of carbonyl (C=O) groups is 5. The number of nitrogens with one attached hydrogen (secondary N) is 1. The normalized spacial score (nSPS) is 12.4. The van der Waals surface area contributed by atoms with Gasteiger partial charge in [0.2, 0.25) is 0 Å². The summed E-state index contributed by atoms with van der Waals surface area (Å²) in [5, 5.41) is 2.63. The molecule has 0 atom stereocenters. The lowest BCUT2D eigenvalue weighted by atomic mass is 10.1. The molecule has 2 amide bonds. The summed E-state index contributed by atoms with van der Waals surface area (Å²) in [7, 11) is 0. The van der Waals surface area contributed by atoms with E-state index in [0.717, 1.165) is 11.3 Å². The van der Waals surface area contributed by atoms with Crippen molar-refractivity contribution in [2.24, 2.45) is 0 Å². The Morgan fingerprint density at radius 1 is 1.12 bits per heavy atom. The minimum Gasteiger partial charge on any atom is -0.462 e. The number of Topliss-reactive ketones (excluding diaryl/α,β-unsaturated/α-hetero) is 1. The highest BCUT2D eigenvalue weighted by Gasteiger charge is 2.32. The molecule has 33 heavy (non-hydrogen) atoms. The zero-order valence-corrected chi connectivity index (χ0v) is 19.2. The van der Waals surface area contributed by atoms with Crippen molar-refractivity contribution in [2.45, 2.75) is 20.8 Å². The summed E-state index contributed by atoms with van der Waals surface area (Å²) in [5.74, 6) is -2.81. The third-order valence-corrected chi connectivity index (χ3v) is 6.20. The van der Waals surface area contributed by atoms with E-state index < -0.39 is 31.0 Å². The number of carbonyl (C=O) groups excluding carboxylic acids is 5. The maximum atomic E-state index is 12.5. The second-order valence-corrected chi connectivity index (χ2v) is 8.15. The summed E-state index contributed by atoms with van der Waals surface area (Å²) in [6, 6.07) is 6.84. The van der Waals surface area contributed by atoms with Gasteiger partial charge in [-0.3, -0.25) is 24.1 Å². The average molecular weight is 471 g/mol. The van der Waals surface area contributed by atoms with Crippen LogP contribution in [0.1, 0.15) is 55.4 Å². The van der Waals surface area contributed by atoms with Crippen molar-refractivity contribution in [1.82, 2.24) is 4.90 Å². The molecule has 9 nitrogen and oxygen atoms in total. The first-order valence-electron chi connectivity index (χ1n) is 10.0. The van der Waals surface area contributed by atoms with Crippen LogP contribution in [0, 0.1) is 6.92 Å². The molecule has 0 fully saturated rings. The SMILES string of the molecule is C=C1c2ccccc2C(=O)N1CC(=O)OCC(=O)Nc1sc(C(C)=O)c(C)c1C(=O)OCC. The highest BCUT2D eigenvalue weighted by molar-refractivity contribution is 7.18. The molecule has 1 aliphatic heterocycles. The van der Waals surface area contributed by atoms with Crippen molar-refractivity contribution in [3.8, 4) is 0 Å². The summed E-state index contributed by atoms with van der Waals surface area (Å²) >= 11 is 0.943. The van der Waals surface area contributed by atoms with E-state index in [2.05, 4.69) is 11.9 Å². The smallest absolute Gasteiger partial charge is 0.341 e. The Morgan fingerprint density at radius 2 is 1.79 bits per heavy atom. The van der Waals surface area contributed by atoms with Gasteiger partial charge in [-0.1, -0.05) is 24.8 Å². The van der Waals surface area contributed by atoms with Crippen LogP contribution in [0.25, 0.3) is 5.70 Å². The third kappa shape index (κ3) is 4.85. The van der Waals surface area contributed by atoms with E-state index in [1.807, 2.05) is 0 Å². The molecule has 2 heterocycles. The number of thiophene rings is 1. The second-order valence-electron chi connectivity index (χ2n) is 7.13. The zero-order chi connectivity index (χ0) is 24.3. The van der Waals surface area contributed by atoms with Crippen molar-refractivity contribution in [1.29, 1.82) is 0 Å². The number of esters is 2. The minimum absolute atomic E-state index is 0.0865. The van der Waals surface area contributed by atoms with Gasteiger partial charge in [0.25, 0.3) is 11.8 Å². The predicted octanol–water partition coefficient (Wildman–Crippen LogP) is 3.04. The number of hydrogen-bond acceptors (Lipinski definition) is 8. The van der Waals surface area contributed by atoms with Crippen LogP contribution >= 0.6 is 11.3 Å². The Kier molecular flexibility index (Phi) is 7.07. The summed E-state index contributed by atoms with van der Waals surface area (Å²) < 4.78 is 10.0. The molecule has 10 heteroatoms. The lowest BCUT2D eigenvalue weighted by molar-refractivity contribution is -0.147. The number of rotatable bonds is 8. The van der Waals surface area contributed by atoms with Gasteiger partial charge in [0.05, 0.1) is 17.0 Å². The molecule has 0 saturated heterocycles. The first-order chi connectivity index (χ1) is 15.6. The molecule has 1 aromatic carbocycles. The molecule has 1 aliphatic rings. The van der Waals surface area contributed by atoms with Gasteiger partial charge < -0.3 is 14.8 Å². The predicted molar refractivity (Wildman–Crippen MR) is 121 cm³/mol. The minimum atomic E-state index is -0.801. The molecule has 0 bridgehead atoms. The Hall–Kier alpha value is -3.79. The van der Waals surface area contributed by atoms with Gasteiger partial charge in [-0.05, 0) is 32.4 Å². The van der Waals surface area contributed by atoms with Crippen molar-refractivity contribution in [3.63, 3.8) is 0 Å². The monoisotopic (exact) mass is 470 g/mol. The van der Waals surface area contributed by atoms with Gasteiger partial charge in [-0.25, -0.2) is 4.79 Å². The number of anilines is 1. The highest BCUT2D eigenvalue weighted by atomic mass is 32.1. The van der Waals surface area contributed by atoms with Crippen LogP contribution in [0.15, 0.2) is 30.8 Å². The maximum Gasteiger partial charge on any atom is 0.341 e. The average Bonchev–Trinajstić information content (AvgIpc) is 3.22. The number of hydrogen-bond donors (Lipinski definition) is 1. The van der Waals surface area contributed by atoms with E-state index >= 15 is 0 Å². The van der Waals surface area contributed by atoms with E-state index in [-0.39, 0.29) is 28.9 Å². The first kappa shape index (κ1) is 23.9. The van der Waals surface area contributed by atoms with Crippen LogP contribution in [-0.2, 0) is 19.1 Å².